The van der Waals surface area contributed by atoms with Crippen molar-refractivity contribution in [3.8, 4) is 5.75 Å². The molecule has 134 valence electrons. The number of amides is 1. The first-order valence-corrected chi connectivity index (χ1v) is 8.12. The first kappa shape index (κ1) is 18.6. The van der Waals surface area contributed by atoms with Gasteiger partial charge in [0, 0.05) is 26.7 Å². The zero-order chi connectivity index (χ0) is 17.4. The van der Waals surface area contributed by atoms with Gasteiger partial charge in [0.2, 0.25) is 5.91 Å². The molecule has 1 N–H and O–H groups in total. The number of methoxy groups -OCH3 is 1. The molecule has 1 aromatic rings. The highest BCUT2D eigenvalue weighted by Crippen LogP contribution is 2.15. The highest BCUT2D eigenvalue weighted by atomic mass is 19.3. The summed E-state index contributed by atoms with van der Waals surface area (Å²) in [5.41, 5.74) is 0.956. The van der Waals surface area contributed by atoms with Gasteiger partial charge in [0.25, 0.3) is 0 Å². The van der Waals surface area contributed by atoms with Gasteiger partial charge in [-0.05, 0) is 37.0 Å². The van der Waals surface area contributed by atoms with Crippen LogP contribution >= 0.6 is 0 Å². The lowest BCUT2D eigenvalue weighted by Crippen LogP contribution is -2.43. The maximum Gasteiger partial charge on any atom is 0.387 e. The Kier molecular flexibility index (Phi) is 7.39. The molecule has 1 aliphatic rings. The van der Waals surface area contributed by atoms with E-state index in [-0.39, 0.29) is 11.7 Å². The van der Waals surface area contributed by atoms with E-state index in [9.17, 15) is 13.6 Å². The second kappa shape index (κ2) is 9.54. The maximum absolute atomic E-state index is 12.1. The highest BCUT2D eigenvalue weighted by Gasteiger charge is 2.20. The van der Waals surface area contributed by atoms with Crippen LogP contribution in [0.4, 0.5) is 8.78 Å². The molecule has 24 heavy (non-hydrogen) atoms. The fourth-order valence-electron chi connectivity index (χ4n) is 2.75. The summed E-state index contributed by atoms with van der Waals surface area (Å²) in [6.45, 7) is -0.154. The summed E-state index contributed by atoms with van der Waals surface area (Å²) >= 11 is 0. The molecule has 2 rings (SSSR count). The van der Waals surface area contributed by atoms with Crippen molar-refractivity contribution in [3.63, 3.8) is 0 Å². The number of rotatable bonds is 8. The van der Waals surface area contributed by atoms with Crippen LogP contribution in [0.3, 0.4) is 0 Å². The van der Waals surface area contributed by atoms with E-state index in [2.05, 4.69) is 15.0 Å². The number of benzene rings is 1. The normalized spacial score (nSPS) is 16.3. The van der Waals surface area contributed by atoms with E-state index in [1.807, 2.05) is 0 Å². The number of nitrogens with one attached hydrogen (secondary N) is 1. The minimum Gasteiger partial charge on any atom is -0.435 e. The first-order chi connectivity index (χ1) is 11.6. The number of carbonyl (C=O) groups is 1. The van der Waals surface area contributed by atoms with Gasteiger partial charge in [-0.15, -0.1) is 0 Å². The number of alkyl halides is 2. The molecule has 0 aliphatic carbocycles. The minimum absolute atomic E-state index is 0.00326. The lowest BCUT2D eigenvalue weighted by Gasteiger charge is -2.30. The van der Waals surface area contributed by atoms with Crippen LogP contribution in [0, 0.1) is 0 Å². The highest BCUT2D eigenvalue weighted by molar-refractivity contribution is 5.78. The zero-order valence-corrected chi connectivity index (χ0v) is 13.8. The van der Waals surface area contributed by atoms with Crippen LogP contribution < -0.4 is 10.1 Å². The van der Waals surface area contributed by atoms with Crippen molar-refractivity contribution < 1.29 is 23.0 Å². The van der Waals surface area contributed by atoms with Gasteiger partial charge in [0.1, 0.15) is 5.75 Å². The molecule has 1 saturated heterocycles. The van der Waals surface area contributed by atoms with Gasteiger partial charge in [-0.2, -0.15) is 8.78 Å². The number of hydrogen-bond donors (Lipinski definition) is 1. The van der Waals surface area contributed by atoms with Crippen LogP contribution in [0.5, 0.6) is 5.75 Å². The van der Waals surface area contributed by atoms with Crippen molar-refractivity contribution in [2.45, 2.75) is 32.0 Å². The molecule has 0 aromatic heterocycles. The van der Waals surface area contributed by atoms with Gasteiger partial charge in [-0.1, -0.05) is 12.1 Å². The second-order valence-corrected chi connectivity index (χ2v) is 5.83. The topological polar surface area (TPSA) is 50.8 Å². The predicted octanol–water partition coefficient (Wildman–Crippen LogP) is 2.06. The van der Waals surface area contributed by atoms with Crippen molar-refractivity contribution in [3.05, 3.63) is 29.8 Å². The van der Waals surface area contributed by atoms with E-state index < -0.39 is 6.61 Å². The average Bonchev–Trinajstić information content (AvgIpc) is 2.57. The van der Waals surface area contributed by atoms with Gasteiger partial charge in [0.15, 0.2) is 0 Å². The lowest BCUT2D eigenvalue weighted by atomic mass is 10.1. The summed E-state index contributed by atoms with van der Waals surface area (Å²) in [6, 6.07) is 6.45. The largest absolute Gasteiger partial charge is 0.435 e. The molecule has 1 heterocycles. The predicted molar refractivity (Wildman–Crippen MR) is 86.3 cm³/mol. The van der Waals surface area contributed by atoms with Crippen LogP contribution in [0.15, 0.2) is 24.3 Å². The fraction of sp³-hybridized carbons (Fsp3) is 0.588. The molecule has 1 aromatic carbocycles. The summed E-state index contributed by atoms with van der Waals surface area (Å²) in [5.74, 6) is 0.140. The van der Waals surface area contributed by atoms with Crippen LogP contribution in [0.2, 0.25) is 0 Å². The van der Waals surface area contributed by atoms with Crippen LogP contribution in [0.1, 0.15) is 18.4 Å². The molecule has 0 bridgehead atoms. The third-order valence-corrected chi connectivity index (χ3v) is 4.12. The van der Waals surface area contributed by atoms with Crippen LogP contribution in [0.25, 0.3) is 0 Å². The average molecular weight is 342 g/mol. The third-order valence-electron chi connectivity index (χ3n) is 4.12. The van der Waals surface area contributed by atoms with Gasteiger partial charge in [0.05, 0.1) is 12.6 Å². The number of nitrogens with zero attached hydrogens (tertiary/aromatic N) is 1. The van der Waals surface area contributed by atoms with Crippen molar-refractivity contribution in [2.75, 3.05) is 33.3 Å². The van der Waals surface area contributed by atoms with E-state index in [1.165, 1.54) is 12.1 Å². The fourth-order valence-corrected chi connectivity index (χ4v) is 2.75. The lowest BCUT2D eigenvalue weighted by molar-refractivity contribution is -0.122. The Hall–Kier alpha value is -1.73. The Morgan fingerprint density at radius 2 is 1.96 bits per heavy atom. The Morgan fingerprint density at radius 1 is 1.29 bits per heavy atom. The SMILES string of the molecule is COC1CCN(CC(=O)NCCc2ccc(OC(F)F)cc2)CC1. The van der Waals surface area contributed by atoms with E-state index in [0.717, 1.165) is 31.5 Å². The molecule has 0 unspecified atom stereocenters. The summed E-state index contributed by atoms with van der Waals surface area (Å²) in [5, 5.41) is 2.89. The third kappa shape index (κ3) is 6.41. The van der Waals surface area contributed by atoms with Gasteiger partial charge in [-0.3, -0.25) is 9.69 Å². The Bertz CT molecular complexity index is 503. The van der Waals surface area contributed by atoms with Gasteiger partial charge in [-0.25, -0.2) is 0 Å². The van der Waals surface area contributed by atoms with Crippen molar-refractivity contribution in [2.24, 2.45) is 0 Å². The Balaban J connectivity index is 1.64. The molecule has 0 saturated carbocycles. The number of piperidine rings is 1. The van der Waals surface area contributed by atoms with Crippen LogP contribution in [-0.4, -0.2) is 56.8 Å². The first-order valence-electron chi connectivity index (χ1n) is 8.12. The minimum atomic E-state index is -2.82. The van der Waals surface area contributed by atoms with Crippen molar-refractivity contribution in [1.29, 1.82) is 0 Å². The summed E-state index contributed by atoms with van der Waals surface area (Å²) < 4.78 is 33.7. The van der Waals surface area contributed by atoms with Crippen molar-refractivity contribution in [1.82, 2.24) is 10.2 Å². The Labute approximate surface area is 140 Å². The van der Waals surface area contributed by atoms with E-state index in [0.29, 0.717) is 25.6 Å². The molecule has 0 radical (unpaired) electrons. The molecular weight excluding hydrogens is 318 g/mol. The summed E-state index contributed by atoms with van der Waals surface area (Å²) in [6.07, 6.45) is 2.86. The molecule has 1 amide bonds. The van der Waals surface area contributed by atoms with Gasteiger partial charge >= 0.3 is 6.61 Å². The molecule has 0 atom stereocenters. The number of hydrogen-bond acceptors (Lipinski definition) is 4. The van der Waals surface area contributed by atoms with E-state index in [1.54, 1.807) is 19.2 Å². The quantitative estimate of drug-likeness (QED) is 0.786. The molecule has 0 spiro atoms. The number of likely N-dealkylation sites (tertiary alicyclic amines) is 1. The number of carbonyl (C=O) groups excluding carboxylic acids is 1. The van der Waals surface area contributed by atoms with E-state index in [4.69, 9.17) is 4.74 Å². The number of halogens is 2. The Morgan fingerprint density at radius 3 is 2.54 bits per heavy atom. The summed E-state index contributed by atoms with van der Waals surface area (Å²) in [4.78, 5) is 14.1. The maximum atomic E-state index is 12.1. The van der Waals surface area contributed by atoms with Crippen LogP contribution in [-0.2, 0) is 16.0 Å². The monoisotopic (exact) mass is 342 g/mol. The molecule has 5 nitrogen and oxygen atoms in total. The molecule has 1 aliphatic heterocycles. The molecular formula is C17H24F2N2O3. The van der Waals surface area contributed by atoms with Crippen molar-refractivity contribution >= 4 is 5.91 Å². The standard InChI is InChI=1S/C17H24F2N2O3/c1-23-14-7-10-21(11-8-14)12-16(22)20-9-6-13-2-4-15(5-3-13)24-17(18)19/h2-5,14,17H,6-12H2,1H3,(H,20,22). The second-order valence-electron chi connectivity index (χ2n) is 5.83. The summed E-state index contributed by atoms with van der Waals surface area (Å²) in [7, 11) is 1.72. The molecule has 1 fully saturated rings. The zero-order valence-electron chi connectivity index (χ0n) is 13.8. The molecule has 7 heteroatoms. The smallest absolute Gasteiger partial charge is 0.387 e. The van der Waals surface area contributed by atoms with Gasteiger partial charge < -0.3 is 14.8 Å². The van der Waals surface area contributed by atoms with E-state index >= 15 is 0 Å². The number of ether oxygens (including phenoxy) is 2.